The standard InChI is InChI=1S/C19H20Cl3N5O4S/c20-14-4-3-12(10-15(14)21)32(30,31)26-8-9-27(16(11-26)18(28)25-7-5-23)19(29)13-2-1-6-24-17(13)22/h1-4,6,10,16H,5,7-9,11,23H2,(H,25,28). The summed E-state index contributed by atoms with van der Waals surface area (Å²) in [7, 11) is -4.00. The molecule has 1 atom stereocenters. The number of pyridine rings is 1. The molecule has 2 aromatic rings. The van der Waals surface area contributed by atoms with E-state index >= 15 is 0 Å². The fourth-order valence-corrected chi connectivity index (χ4v) is 5.27. The van der Waals surface area contributed by atoms with Crippen LogP contribution in [-0.2, 0) is 14.8 Å². The molecule has 1 aliphatic heterocycles. The number of rotatable bonds is 6. The number of sulfonamides is 1. The number of carbonyl (C=O) groups excluding carboxylic acids is 2. The third kappa shape index (κ3) is 5.16. The topological polar surface area (TPSA) is 126 Å². The van der Waals surface area contributed by atoms with E-state index in [9.17, 15) is 18.0 Å². The van der Waals surface area contributed by atoms with Crippen LogP contribution >= 0.6 is 34.8 Å². The van der Waals surface area contributed by atoms with Gasteiger partial charge < -0.3 is 16.0 Å². The molecule has 3 rings (SSSR count). The van der Waals surface area contributed by atoms with Crippen molar-refractivity contribution in [3.63, 3.8) is 0 Å². The van der Waals surface area contributed by atoms with E-state index in [1.54, 1.807) is 6.07 Å². The van der Waals surface area contributed by atoms with E-state index in [0.717, 1.165) is 4.31 Å². The highest BCUT2D eigenvalue weighted by atomic mass is 35.5. The van der Waals surface area contributed by atoms with E-state index in [4.69, 9.17) is 40.5 Å². The van der Waals surface area contributed by atoms with Crippen molar-refractivity contribution in [2.75, 3.05) is 32.7 Å². The summed E-state index contributed by atoms with van der Waals surface area (Å²) in [4.78, 5) is 31.1. The average molecular weight is 521 g/mol. The number of halogens is 3. The van der Waals surface area contributed by atoms with Crippen molar-refractivity contribution in [3.8, 4) is 0 Å². The van der Waals surface area contributed by atoms with Gasteiger partial charge in [0.15, 0.2) is 0 Å². The van der Waals surface area contributed by atoms with Gasteiger partial charge in [0.2, 0.25) is 15.9 Å². The summed E-state index contributed by atoms with van der Waals surface area (Å²) in [5, 5.41) is 2.91. The van der Waals surface area contributed by atoms with E-state index in [2.05, 4.69) is 10.3 Å². The molecule has 0 aliphatic carbocycles. The van der Waals surface area contributed by atoms with E-state index in [1.807, 2.05) is 0 Å². The fourth-order valence-electron chi connectivity index (χ4n) is 3.24. The second-order valence-corrected chi connectivity index (χ2v) is 9.99. The van der Waals surface area contributed by atoms with Crippen molar-refractivity contribution in [2.45, 2.75) is 10.9 Å². The predicted octanol–water partition coefficient (Wildman–Crippen LogP) is 1.63. The second-order valence-electron chi connectivity index (χ2n) is 6.87. The maximum atomic E-state index is 13.2. The fraction of sp³-hybridized carbons (Fsp3) is 0.316. The van der Waals surface area contributed by atoms with Gasteiger partial charge in [0.05, 0.1) is 20.5 Å². The Morgan fingerprint density at radius 2 is 1.91 bits per heavy atom. The summed E-state index contributed by atoms with van der Waals surface area (Å²) in [6, 6.07) is 5.90. The van der Waals surface area contributed by atoms with Crippen molar-refractivity contribution < 1.29 is 18.0 Å². The number of hydrogen-bond donors (Lipinski definition) is 2. The lowest BCUT2D eigenvalue weighted by Crippen LogP contribution is -2.61. The lowest BCUT2D eigenvalue weighted by Gasteiger charge is -2.40. The number of nitrogens with two attached hydrogens (primary N) is 1. The van der Waals surface area contributed by atoms with Gasteiger partial charge in [0.1, 0.15) is 11.2 Å². The molecule has 0 saturated carbocycles. The minimum Gasteiger partial charge on any atom is -0.353 e. The lowest BCUT2D eigenvalue weighted by molar-refractivity contribution is -0.126. The lowest BCUT2D eigenvalue weighted by atomic mass is 10.1. The molecule has 1 aliphatic rings. The molecule has 32 heavy (non-hydrogen) atoms. The molecule has 3 N–H and O–H groups in total. The molecular formula is C19H20Cl3N5O4S. The Kier molecular flexibility index (Phi) is 7.97. The molecule has 172 valence electrons. The van der Waals surface area contributed by atoms with Crippen LogP contribution < -0.4 is 11.1 Å². The van der Waals surface area contributed by atoms with Crippen molar-refractivity contribution in [1.29, 1.82) is 0 Å². The maximum absolute atomic E-state index is 13.2. The number of aromatic nitrogens is 1. The summed E-state index contributed by atoms with van der Waals surface area (Å²) >= 11 is 17.9. The van der Waals surface area contributed by atoms with Crippen LogP contribution in [0.15, 0.2) is 41.4 Å². The van der Waals surface area contributed by atoms with Crippen molar-refractivity contribution in [3.05, 3.63) is 57.3 Å². The zero-order chi connectivity index (χ0) is 23.5. The van der Waals surface area contributed by atoms with Gasteiger partial charge in [-0.15, -0.1) is 0 Å². The summed E-state index contributed by atoms with van der Waals surface area (Å²) in [5.41, 5.74) is 5.58. The Morgan fingerprint density at radius 3 is 2.56 bits per heavy atom. The molecular weight excluding hydrogens is 501 g/mol. The number of nitrogens with one attached hydrogen (secondary N) is 1. The molecule has 9 nitrogen and oxygen atoms in total. The molecule has 1 unspecified atom stereocenters. The summed E-state index contributed by atoms with van der Waals surface area (Å²) < 4.78 is 27.5. The highest BCUT2D eigenvalue weighted by molar-refractivity contribution is 7.89. The van der Waals surface area contributed by atoms with Crippen molar-refractivity contribution in [1.82, 2.24) is 19.5 Å². The van der Waals surface area contributed by atoms with Crippen LogP contribution in [0.4, 0.5) is 0 Å². The second kappa shape index (κ2) is 10.3. The maximum Gasteiger partial charge on any atom is 0.257 e. The van der Waals surface area contributed by atoms with Crippen molar-refractivity contribution >= 4 is 56.6 Å². The number of amides is 2. The first kappa shape index (κ1) is 24.7. The third-order valence-corrected chi connectivity index (χ3v) is 7.77. The van der Waals surface area contributed by atoms with E-state index in [0.29, 0.717) is 0 Å². The van der Waals surface area contributed by atoms with Gasteiger partial charge in [-0.25, -0.2) is 13.4 Å². The molecule has 1 aromatic carbocycles. The number of benzene rings is 1. The summed E-state index contributed by atoms with van der Waals surface area (Å²) in [6.07, 6.45) is 1.44. The monoisotopic (exact) mass is 519 g/mol. The largest absolute Gasteiger partial charge is 0.353 e. The average Bonchev–Trinajstić information content (AvgIpc) is 2.78. The number of nitrogens with zero attached hydrogens (tertiary/aromatic N) is 3. The first-order chi connectivity index (χ1) is 15.2. The van der Waals surface area contributed by atoms with Crippen LogP contribution in [0.1, 0.15) is 10.4 Å². The molecule has 0 bridgehead atoms. The van der Waals surface area contributed by atoms with Crippen molar-refractivity contribution in [2.24, 2.45) is 5.73 Å². The minimum atomic E-state index is -4.00. The Morgan fingerprint density at radius 1 is 1.16 bits per heavy atom. The highest BCUT2D eigenvalue weighted by Gasteiger charge is 2.40. The Labute approximate surface area is 200 Å². The van der Waals surface area contributed by atoms with Gasteiger partial charge in [-0.2, -0.15) is 4.31 Å². The molecule has 13 heteroatoms. The zero-order valence-corrected chi connectivity index (χ0v) is 19.8. The SMILES string of the molecule is NCCNC(=O)C1CN(S(=O)(=O)c2ccc(Cl)c(Cl)c2)CCN1C(=O)c1cccnc1Cl. The van der Waals surface area contributed by atoms with Crippen LogP contribution in [0.3, 0.4) is 0 Å². The molecule has 1 aromatic heterocycles. The zero-order valence-electron chi connectivity index (χ0n) is 16.7. The predicted molar refractivity (Wildman–Crippen MR) is 121 cm³/mol. The van der Waals surface area contributed by atoms with Gasteiger partial charge in [0.25, 0.3) is 5.91 Å². The summed E-state index contributed by atoms with van der Waals surface area (Å²) in [6.45, 7) is 0.0253. The molecule has 2 amide bonds. The molecule has 1 fully saturated rings. The Hall–Kier alpha value is -1.95. The van der Waals surface area contributed by atoms with Crippen LogP contribution in [0.2, 0.25) is 15.2 Å². The molecule has 1 saturated heterocycles. The first-order valence-electron chi connectivity index (χ1n) is 9.51. The normalized spacial score (nSPS) is 17.2. The van der Waals surface area contributed by atoms with Crippen LogP contribution in [0.25, 0.3) is 0 Å². The third-order valence-electron chi connectivity index (χ3n) is 4.87. The van der Waals surface area contributed by atoms with Gasteiger partial charge in [0, 0.05) is 38.9 Å². The minimum absolute atomic E-state index is 0.00975. The van der Waals surface area contributed by atoms with Gasteiger partial charge in [-0.3, -0.25) is 9.59 Å². The van der Waals surface area contributed by atoms with Crippen LogP contribution in [0.5, 0.6) is 0 Å². The van der Waals surface area contributed by atoms with Crippen LogP contribution in [0, 0.1) is 0 Å². The van der Waals surface area contributed by atoms with Gasteiger partial charge >= 0.3 is 0 Å². The first-order valence-corrected chi connectivity index (χ1v) is 12.1. The van der Waals surface area contributed by atoms with Crippen LogP contribution in [-0.4, -0.2) is 73.2 Å². The summed E-state index contributed by atoms with van der Waals surface area (Å²) in [5.74, 6) is -1.06. The number of hydrogen-bond acceptors (Lipinski definition) is 6. The highest BCUT2D eigenvalue weighted by Crippen LogP contribution is 2.28. The Bertz CT molecular complexity index is 1130. The van der Waals surface area contributed by atoms with E-state index < -0.39 is 27.9 Å². The molecule has 2 heterocycles. The van der Waals surface area contributed by atoms with E-state index in [1.165, 1.54) is 35.4 Å². The Balaban J connectivity index is 1.91. The number of piperazine rings is 1. The van der Waals surface area contributed by atoms with Gasteiger partial charge in [-0.05, 0) is 30.3 Å². The molecule has 0 spiro atoms. The number of carbonyl (C=O) groups is 2. The smallest absolute Gasteiger partial charge is 0.257 e. The van der Waals surface area contributed by atoms with Gasteiger partial charge in [-0.1, -0.05) is 34.8 Å². The van der Waals surface area contributed by atoms with E-state index in [-0.39, 0.29) is 58.4 Å². The quantitative estimate of drug-likeness (QED) is 0.558. The molecule has 0 radical (unpaired) electrons.